The Morgan fingerprint density at radius 3 is 2.50 bits per heavy atom. The van der Waals surface area contributed by atoms with Crippen molar-refractivity contribution in [3.63, 3.8) is 0 Å². The van der Waals surface area contributed by atoms with Gasteiger partial charge >= 0.3 is 6.09 Å². The Morgan fingerprint density at radius 1 is 1.23 bits per heavy atom. The zero-order valence-corrected chi connectivity index (χ0v) is 14.4. The van der Waals surface area contributed by atoms with E-state index in [0.29, 0.717) is 5.02 Å². The Bertz CT molecular complexity index is 691. The van der Waals surface area contributed by atoms with E-state index in [2.05, 4.69) is 0 Å². The molecule has 4 heteroatoms. The Hall–Kier alpha value is -1.74. The molecule has 0 saturated carbocycles. The Morgan fingerprint density at radius 2 is 1.86 bits per heavy atom. The first kappa shape index (κ1) is 16.6. The summed E-state index contributed by atoms with van der Waals surface area (Å²) in [4.78, 5) is 13.9. The molecule has 0 N–H and O–H groups in total. The van der Waals surface area contributed by atoms with Gasteiger partial charge in [0.05, 0.1) is 6.04 Å². The second-order valence-corrected chi connectivity index (χ2v) is 6.92. The fourth-order valence-electron chi connectivity index (χ4n) is 2.35. The molecule has 2 rings (SSSR count). The predicted octanol–water partition coefficient (Wildman–Crippen LogP) is 5.42. The van der Waals surface area contributed by atoms with Gasteiger partial charge in [-0.2, -0.15) is 0 Å². The van der Waals surface area contributed by atoms with Gasteiger partial charge in [0, 0.05) is 12.1 Å². The minimum atomic E-state index is -0.512. The van der Waals surface area contributed by atoms with Crippen LogP contribution in [0.25, 0.3) is 10.8 Å². The summed E-state index contributed by atoms with van der Waals surface area (Å²) in [7, 11) is 1.74. The van der Waals surface area contributed by atoms with Crippen LogP contribution in [0.4, 0.5) is 4.79 Å². The van der Waals surface area contributed by atoms with Gasteiger partial charge in [0.1, 0.15) is 5.60 Å². The Kier molecular flexibility index (Phi) is 4.66. The van der Waals surface area contributed by atoms with Gasteiger partial charge in [-0.3, -0.25) is 0 Å². The molecule has 0 aromatic heterocycles. The maximum atomic E-state index is 12.3. The summed E-state index contributed by atoms with van der Waals surface area (Å²) in [5.41, 5.74) is 0.498. The molecule has 0 aliphatic rings. The highest BCUT2D eigenvalue weighted by Crippen LogP contribution is 2.31. The van der Waals surface area contributed by atoms with Crippen LogP contribution in [-0.2, 0) is 4.74 Å². The molecule has 0 heterocycles. The van der Waals surface area contributed by atoms with Gasteiger partial charge in [0.15, 0.2) is 0 Å². The first-order valence-corrected chi connectivity index (χ1v) is 7.71. The van der Waals surface area contributed by atoms with Crippen LogP contribution in [0.2, 0.25) is 5.02 Å². The number of halogens is 1. The van der Waals surface area contributed by atoms with Crippen LogP contribution in [0.3, 0.4) is 0 Å². The SMILES string of the molecule is CC(c1cc(Cl)cc2ccccc12)N(C)C(=O)OC(C)(C)C. The quantitative estimate of drug-likeness (QED) is 0.739. The maximum absolute atomic E-state index is 12.3. The number of hydrogen-bond donors (Lipinski definition) is 0. The number of fused-ring (bicyclic) bond motifs is 1. The zero-order chi connectivity index (χ0) is 16.5. The highest BCUT2D eigenvalue weighted by atomic mass is 35.5. The van der Waals surface area contributed by atoms with Crippen molar-refractivity contribution in [1.82, 2.24) is 4.90 Å². The standard InChI is InChI=1S/C18H22ClNO2/c1-12(20(5)17(21)22-18(2,3)4)16-11-14(19)10-13-8-6-7-9-15(13)16/h6-12H,1-5H3. The van der Waals surface area contributed by atoms with Crippen LogP contribution in [0.5, 0.6) is 0 Å². The number of rotatable bonds is 2. The topological polar surface area (TPSA) is 29.5 Å². The van der Waals surface area contributed by atoms with Crippen molar-refractivity contribution in [2.24, 2.45) is 0 Å². The third-order valence-electron chi connectivity index (χ3n) is 3.57. The molecule has 0 bridgehead atoms. The number of hydrogen-bond acceptors (Lipinski definition) is 2. The zero-order valence-electron chi connectivity index (χ0n) is 13.7. The molecule has 2 aromatic carbocycles. The van der Waals surface area contributed by atoms with Crippen molar-refractivity contribution >= 4 is 28.5 Å². The summed E-state index contributed by atoms with van der Waals surface area (Å²) in [6.45, 7) is 7.55. The van der Waals surface area contributed by atoms with E-state index in [0.717, 1.165) is 16.3 Å². The van der Waals surface area contributed by atoms with Gasteiger partial charge in [-0.25, -0.2) is 4.79 Å². The lowest BCUT2D eigenvalue weighted by atomic mass is 9.99. The molecule has 0 saturated heterocycles. The molecule has 118 valence electrons. The lowest BCUT2D eigenvalue weighted by Gasteiger charge is -2.29. The predicted molar refractivity (Wildman–Crippen MR) is 91.4 cm³/mol. The van der Waals surface area contributed by atoms with Crippen molar-refractivity contribution in [2.75, 3.05) is 7.05 Å². The Labute approximate surface area is 136 Å². The van der Waals surface area contributed by atoms with Gasteiger partial charge in [-0.15, -0.1) is 0 Å². The van der Waals surface area contributed by atoms with E-state index in [4.69, 9.17) is 16.3 Å². The fourth-order valence-corrected chi connectivity index (χ4v) is 2.58. The van der Waals surface area contributed by atoms with Gasteiger partial charge in [0.2, 0.25) is 0 Å². The average Bonchev–Trinajstić information content (AvgIpc) is 2.42. The minimum absolute atomic E-state index is 0.140. The number of nitrogens with zero attached hydrogens (tertiary/aromatic N) is 1. The van der Waals surface area contributed by atoms with Crippen molar-refractivity contribution in [3.05, 3.63) is 47.0 Å². The van der Waals surface area contributed by atoms with Crippen LogP contribution in [0.15, 0.2) is 36.4 Å². The third-order valence-corrected chi connectivity index (χ3v) is 3.79. The second kappa shape index (κ2) is 6.17. The highest BCUT2D eigenvalue weighted by molar-refractivity contribution is 6.31. The average molecular weight is 320 g/mol. The summed E-state index contributed by atoms with van der Waals surface area (Å²) < 4.78 is 5.44. The Balaban J connectivity index is 2.37. The van der Waals surface area contributed by atoms with E-state index in [1.165, 1.54) is 0 Å². The molecule has 0 aliphatic carbocycles. The van der Waals surface area contributed by atoms with Gasteiger partial charge in [0.25, 0.3) is 0 Å². The van der Waals surface area contributed by atoms with Crippen molar-refractivity contribution in [1.29, 1.82) is 0 Å². The lowest BCUT2D eigenvalue weighted by molar-refractivity contribution is 0.0235. The molecule has 22 heavy (non-hydrogen) atoms. The third kappa shape index (κ3) is 3.72. The van der Waals surface area contributed by atoms with Crippen LogP contribution < -0.4 is 0 Å². The molecular weight excluding hydrogens is 298 g/mol. The van der Waals surface area contributed by atoms with E-state index in [-0.39, 0.29) is 12.1 Å². The molecule has 1 atom stereocenters. The van der Waals surface area contributed by atoms with Crippen LogP contribution in [-0.4, -0.2) is 23.6 Å². The summed E-state index contributed by atoms with van der Waals surface area (Å²) in [6, 6.07) is 11.7. The molecular formula is C18H22ClNO2. The van der Waals surface area contributed by atoms with Gasteiger partial charge < -0.3 is 9.64 Å². The number of carbonyl (C=O) groups excluding carboxylic acids is 1. The number of carbonyl (C=O) groups is 1. The van der Waals surface area contributed by atoms with Crippen molar-refractivity contribution in [3.8, 4) is 0 Å². The summed E-state index contributed by atoms with van der Waals surface area (Å²) in [5.74, 6) is 0. The summed E-state index contributed by atoms with van der Waals surface area (Å²) in [6.07, 6.45) is -0.343. The first-order valence-electron chi connectivity index (χ1n) is 7.33. The normalized spacial score (nSPS) is 13.0. The van der Waals surface area contributed by atoms with Crippen LogP contribution >= 0.6 is 11.6 Å². The number of amides is 1. The maximum Gasteiger partial charge on any atom is 0.410 e. The largest absolute Gasteiger partial charge is 0.444 e. The monoisotopic (exact) mass is 319 g/mol. The van der Waals surface area contributed by atoms with E-state index in [1.54, 1.807) is 11.9 Å². The van der Waals surface area contributed by atoms with Gasteiger partial charge in [-0.05, 0) is 56.2 Å². The van der Waals surface area contributed by atoms with E-state index in [9.17, 15) is 4.79 Å². The van der Waals surface area contributed by atoms with E-state index >= 15 is 0 Å². The molecule has 3 nitrogen and oxygen atoms in total. The molecule has 1 amide bonds. The van der Waals surface area contributed by atoms with Crippen molar-refractivity contribution < 1.29 is 9.53 Å². The second-order valence-electron chi connectivity index (χ2n) is 6.48. The van der Waals surface area contributed by atoms with Crippen LogP contribution in [0, 0.1) is 0 Å². The van der Waals surface area contributed by atoms with Crippen LogP contribution in [0.1, 0.15) is 39.3 Å². The fraction of sp³-hybridized carbons (Fsp3) is 0.389. The smallest absolute Gasteiger partial charge is 0.410 e. The minimum Gasteiger partial charge on any atom is -0.444 e. The lowest BCUT2D eigenvalue weighted by Crippen LogP contribution is -2.35. The molecule has 0 radical (unpaired) electrons. The molecule has 0 aliphatic heterocycles. The van der Waals surface area contributed by atoms with E-state index < -0.39 is 5.60 Å². The molecule has 0 spiro atoms. The van der Waals surface area contributed by atoms with Gasteiger partial charge in [-0.1, -0.05) is 35.9 Å². The first-order chi connectivity index (χ1) is 10.2. The number of ether oxygens (including phenoxy) is 1. The number of benzene rings is 2. The van der Waals surface area contributed by atoms with Crippen molar-refractivity contribution in [2.45, 2.75) is 39.3 Å². The molecule has 1 unspecified atom stereocenters. The molecule has 0 fully saturated rings. The van der Waals surface area contributed by atoms with E-state index in [1.807, 2.05) is 64.1 Å². The summed E-state index contributed by atoms with van der Waals surface area (Å²) >= 11 is 6.22. The highest BCUT2D eigenvalue weighted by Gasteiger charge is 2.24. The molecule has 2 aromatic rings. The summed E-state index contributed by atoms with van der Waals surface area (Å²) in [5, 5.41) is 2.82.